The highest BCUT2D eigenvalue weighted by molar-refractivity contribution is 7.87. The minimum atomic E-state index is -1.10. The van der Waals surface area contributed by atoms with Gasteiger partial charge in [-0.15, -0.1) is 5.10 Å². The molecule has 0 spiro atoms. The van der Waals surface area contributed by atoms with Gasteiger partial charge in [-0.3, -0.25) is 4.72 Å². The van der Waals surface area contributed by atoms with Crippen LogP contribution in [0.15, 0.2) is 24.4 Å². The average molecular weight is 426 g/mol. The van der Waals surface area contributed by atoms with Gasteiger partial charge in [0.2, 0.25) is 0 Å². The fourth-order valence-electron chi connectivity index (χ4n) is 3.91. The van der Waals surface area contributed by atoms with Gasteiger partial charge in [-0.25, -0.2) is 9.19 Å². The van der Waals surface area contributed by atoms with E-state index in [1.54, 1.807) is 0 Å². The Morgan fingerprint density at radius 2 is 1.77 bits per heavy atom. The number of piperazine rings is 1. The first kappa shape index (κ1) is 19.3. The molecule has 3 aromatic rings. The molecule has 1 N–H and O–H groups in total. The van der Waals surface area contributed by atoms with Crippen molar-refractivity contribution in [2.45, 2.75) is 38.9 Å². The Balaban J connectivity index is 1.34. The number of hydrogen-bond acceptors (Lipinski definition) is 6. The van der Waals surface area contributed by atoms with Gasteiger partial charge in [0.25, 0.3) is 5.95 Å². The molecular weight excluding hydrogens is 398 g/mol. The largest absolute Gasteiger partial charge is 0.353 e. The lowest BCUT2D eigenvalue weighted by atomic mass is 10.1. The first-order valence-electron chi connectivity index (χ1n) is 10.5. The molecule has 0 amide bonds. The van der Waals surface area contributed by atoms with Gasteiger partial charge in [0.1, 0.15) is 22.6 Å². The van der Waals surface area contributed by atoms with E-state index in [-0.39, 0.29) is 5.25 Å². The van der Waals surface area contributed by atoms with Gasteiger partial charge in [-0.05, 0) is 62.4 Å². The van der Waals surface area contributed by atoms with Crippen LogP contribution in [0, 0.1) is 20.8 Å². The molecular formula is C21H27N7OS. The van der Waals surface area contributed by atoms with Crippen molar-refractivity contribution < 1.29 is 4.21 Å². The first-order valence-corrected chi connectivity index (χ1v) is 11.7. The maximum Gasteiger partial charge on any atom is 0.254 e. The molecule has 0 bridgehead atoms. The maximum atomic E-state index is 12.2. The summed E-state index contributed by atoms with van der Waals surface area (Å²) in [5.74, 6) is 2.53. The fraction of sp³-hybridized carbons (Fsp3) is 0.476. The molecule has 8 nitrogen and oxygen atoms in total. The van der Waals surface area contributed by atoms with Crippen LogP contribution in [0.5, 0.6) is 0 Å². The zero-order valence-corrected chi connectivity index (χ0v) is 18.4. The van der Waals surface area contributed by atoms with Crippen molar-refractivity contribution in [1.29, 1.82) is 0 Å². The number of nitrogens with zero attached hydrogens (tertiary/aromatic N) is 6. The molecule has 4 heterocycles. The third kappa shape index (κ3) is 3.51. The molecule has 30 heavy (non-hydrogen) atoms. The van der Waals surface area contributed by atoms with Crippen LogP contribution >= 0.6 is 0 Å². The summed E-state index contributed by atoms with van der Waals surface area (Å²) in [4.78, 5) is 13.9. The molecule has 1 unspecified atom stereocenters. The van der Waals surface area contributed by atoms with E-state index in [0.29, 0.717) is 5.95 Å². The Hall–Kier alpha value is -2.68. The average Bonchev–Trinajstić information content (AvgIpc) is 3.52. The number of fused-ring (bicyclic) bond motifs is 1. The number of aryl methyl sites for hydroxylation is 1. The molecule has 2 fully saturated rings. The summed E-state index contributed by atoms with van der Waals surface area (Å²) >= 11 is 0. The Bertz CT molecular complexity index is 1120. The minimum absolute atomic E-state index is 0.242. The highest BCUT2D eigenvalue weighted by Crippen LogP contribution is 2.27. The maximum absolute atomic E-state index is 12.2. The van der Waals surface area contributed by atoms with Crippen molar-refractivity contribution in [3.05, 3.63) is 41.1 Å². The van der Waals surface area contributed by atoms with Crippen molar-refractivity contribution in [1.82, 2.24) is 19.6 Å². The van der Waals surface area contributed by atoms with Crippen LogP contribution in [0.25, 0.3) is 5.65 Å². The monoisotopic (exact) mass is 425 g/mol. The Kier molecular flexibility index (Phi) is 4.85. The highest BCUT2D eigenvalue weighted by atomic mass is 32.2. The van der Waals surface area contributed by atoms with E-state index in [1.165, 1.54) is 16.7 Å². The van der Waals surface area contributed by atoms with E-state index in [2.05, 4.69) is 51.4 Å². The second kappa shape index (κ2) is 7.54. The van der Waals surface area contributed by atoms with E-state index < -0.39 is 11.0 Å². The third-order valence-corrected chi connectivity index (χ3v) is 7.59. The van der Waals surface area contributed by atoms with Gasteiger partial charge in [-0.2, -0.15) is 9.50 Å². The molecule has 1 atom stereocenters. The van der Waals surface area contributed by atoms with Crippen LogP contribution in [-0.2, 0) is 11.0 Å². The standard InChI is InChI=1S/C21H27N7OS/c1-14-13-22-20(16(3)15(14)2)27-11-9-26(10-12-27)19-6-4-5-18-23-21(24-28(18)19)25-30(29)17-7-8-17/h4-6,13,17H,7-12H2,1-3H3,(H,24,25). The smallest absolute Gasteiger partial charge is 0.254 e. The topological polar surface area (TPSA) is 78.7 Å². The Labute approximate surface area is 178 Å². The summed E-state index contributed by atoms with van der Waals surface area (Å²) in [7, 11) is -1.10. The lowest BCUT2D eigenvalue weighted by Gasteiger charge is -2.37. The van der Waals surface area contributed by atoms with Gasteiger partial charge in [0.15, 0.2) is 5.65 Å². The molecule has 1 saturated heterocycles. The van der Waals surface area contributed by atoms with Crippen molar-refractivity contribution in [2.24, 2.45) is 0 Å². The molecule has 0 aromatic carbocycles. The predicted molar refractivity (Wildman–Crippen MR) is 121 cm³/mol. The molecule has 3 aromatic heterocycles. The normalized spacial score (nSPS) is 18.1. The second-order valence-electron chi connectivity index (χ2n) is 8.18. The quantitative estimate of drug-likeness (QED) is 0.677. The van der Waals surface area contributed by atoms with Crippen LogP contribution in [-0.4, -0.2) is 55.2 Å². The third-order valence-electron chi connectivity index (χ3n) is 6.13. The van der Waals surface area contributed by atoms with Crippen LogP contribution in [0.1, 0.15) is 29.5 Å². The molecule has 1 aliphatic carbocycles. The summed E-state index contributed by atoms with van der Waals surface area (Å²) < 4.78 is 17.0. The molecule has 1 saturated carbocycles. The molecule has 9 heteroatoms. The number of pyridine rings is 2. The number of rotatable bonds is 5. The van der Waals surface area contributed by atoms with Crippen LogP contribution in [0.2, 0.25) is 0 Å². The zero-order valence-electron chi connectivity index (χ0n) is 17.6. The lowest BCUT2D eigenvalue weighted by molar-refractivity contribution is 0.633. The molecule has 1 aliphatic heterocycles. The predicted octanol–water partition coefficient (Wildman–Crippen LogP) is 2.61. The zero-order chi connectivity index (χ0) is 20.8. The first-order chi connectivity index (χ1) is 14.5. The summed E-state index contributed by atoms with van der Waals surface area (Å²) in [5, 5.41) is 4.83. The number of nitrogens with one attached hydrogen (secondary N) is 1. The van der Waals surface area contributed by atoms with Crippen molar-refractivity contribution in [2.75, 3.05) is 40.7 Å². The second-order valence-corrected chi connectivity index (χ2v) is 9.64. The van der Waals surface area contributed by atoms with Crippen molar-refractivity contribution in [3.63, 3.8) is 0 Å². The van der Waals surface area contributed by atoms with E-state index in [4.69, 9.17) is 4.98 Å². The lowest BCUT2D eigenvalue weighted by Crippen LogP contribution is -2.47. The fourth-order valence-corrected chi connectivity index (χ4v) is 4.91. The van der Waals surface area contributed by atoms with Crippen molar-refractivity contribution in [3.8, 4) is 0 Å². The number of hydrogen-bond donors (Lipinski definition) is 1. The van der Waals surface area contributed by atoms with Gasteiger partial charge in [0, 0.05) is 32.4 Å². The van der Waals surface area contributed by atoms with Crippen LogP contribution in [0.4, 0.5) is 17.6 Å². The van der Waals surface area contributed by atoms with E-state index in [0.717, 1.165) is 56.3 Å². The highest BCUT2D eigenvalue weighted by Gasteiger charge is 2.29. The molecule has 5 rings (SSSR count). The summed E-state index contributed by atoms with van der Waals surface area (Å²) in [5.41, 5.74) is 4.58. The minimum Gasteiger partial charge on any atom is -0.353 e. The Morgan fingerprint density at radius 1 is 1.03 bits per heavy atom. The van der Waals surface area contributed by atoms with Crippen LogP contribution < -0.4 is 14.5 Å². The van der Waals surface area contributed by atoms with Gasteiger partial charge >= 0.3 is 0 Å². The van der Waals surface area contributed by atoms with E-state index in [9.17, 15) is 4.21 Å². The summed E-state index contributed by atoms with van der Waals surface area (Å²) in [6.45, 7) is 10.00. The van der Waals surface area contributed by atoms with Gasteiger partial charge in [-0.1, -0.05) is 6.07 Å². The van der Waals surface area contributed by atoms with Gasteiger partial charge < -0.3 is 9.80 Å². The van der Waals surface area contributed by atoms with E-state index >= 15 is 0 Å². The van der Waals surface area contributed by atoms with Crippen LogP contribution in [0.3, 0.4) is 0 Å². The van der Waals surface area contributed by atoms with Crippen molar-refractivity contribution >= 4 is 34.2 Å². The van der Waals surface area contributed by atoms with Gasteiger partial charge in [0.05, 0.1) is 5.25 Å². The number of aromatic nitrogens is 4. The molecule has 2 aliphatic rings. The molecule has 0 radical (unpaired) electrons. The summed E-state index contributed by atoms with van der Waals surface area (Å²) in [6, 6.07) is 6.00. The summed E-state index contributed by atoms with van der Waals surface area (Å²) in [6.07, 6.45) is 4.00. The Morgan fingerprint density at radius 3 is 2.50 bits per heavy atom. The number of anilines is 3. The van der Waals surface area contributed by atoms with E-state index in [1.807, 2.05) is 22.8 Å². The molecule has 158 valence electrons. The SMILES string of the molecule is Cc1cnc(N2CCN(c3cccc4nc(NS(=O)C5CC5)nn34)CC2)c(C)c1C.